The Morgan fingerprint density at radius 1 is 1.50 bits per heavy atom. The lowest BCUT2D eigenvalue weighted by Gasteiger charge is -1.84. The van der Waals surface area contributed by atoms with Gasteiger partial charge in [0.2, 0.25) is 0 Å². The lowest BCUT2D eigenvalue weighted by Crippen LogP contribution is -1.70. The summed E-state index contributed by atoms with van der Waals surface area (Å²) in [5.41, 5.74) is 0. The van der Waals surface area contributed by atoms with Gasteiger partial charge in [0.1, 0.15) is 0 Å². The molecule has 2 heterocycles. The molecule has 0 aliphatic heterocycles. The van der Waals surface area contributed by atoms with Gasteiger partial charge >= 0.3 is 0 Å². The van der Waals surface area contributed by atoms with Crippen molar-refractivity contribution in [2.45, 2.75) is 6.61 Å². The minimum atomic E-state index is 0.0196. The molecule has 0 radical (unpaired) electrons. The number of thiazole rings is 1. The van der Waals surface area contributed by atoms with E-state index in [9.17, 15) is 0 Å². The van der Waals surface area contributed by atoms with Crippen molar-refractivity contribution in [2.24, 2.45) is 0 Å². The Kier molecular flexibility index (Phi) is 1.89. The van der Waals surface area contributed by atoms with Crippen LogP contribution in [0.2, 0.25) is 0 Å². The molecule has 2 aromatic heterocycles. The Balaban J connectivity index is 2.35. The van der Waals surface area contributed by atoms with E-state index in [1.165, 1.54) is 17.7 Å². The summed E-state index contributed by atoms with van der Waals surface area (Å²) in [5, 5.41) is 9.52. The SMILES string of the molecule is OCc1cnc(-c2cnco2)s1. The molecule has 2 rings (SSSR count). The van der Waals surface area contributed by atoms with Crippen molar-refractivity contribution in [3.8, 4) is 10.8 Å². The molecule has 0 amide bonds. The van der Waals surface area contributed by atoms with E-state index in [2.05, 4.69) is 9.97 Å². The first-order chi connectivity index (χ1) is 5.90. The molecular weight excluding hydrogens is 176 g/mol. The summed E-state index contributed by atoms with van der Waals surface area (Å²) in [5.74, 6) is 0.639. The Hall–Kier alpha value is -1.20. The van der Waals surface area contributed by atoms with Crippen molar-refractivity contribution in [1.29, 1.82) is 0 Å². The van der Waals surface area contributed by atoms with Crippen molar-refractivity contribution in [1.82, 2.24) is 9.97 Å². The highest BCUT2D eigenvalue weighted by Crippen LogP contribution is 2.24. The maximum atomic E-state index is 8.77. The molecule has 0 saturated carbocycles. The first-order valence-electron chi connectivity index (χ1n) is 3.34. The number of aliphatic hydroxyl groups is 1. The molecule has 1 N–H and O–H groups in total. The zero-order chi connectivity index (χ0) is 8.39. The summed E-state index contributed by atoms with van der Waals surface area (Å²) >= 11 is 1.40. The molecule has 0 spiro atoms. The Morgan fingerprint density at radius 3 is 3.00 bits per heavy atom. The lowest BCUT2D eigenvalue weighted by atomic mass is 10.5. The van der Waals surface area contributed by atoms with Gasteiger partial charge in [-0.3, -0.25) is 0 Å². The fourth-order valence-electron chi connectivity index (χ4n) is 0.816. The highest BCUT2D eigenvalue weighted by molar-refractivity contribution is 7.14. The van der Waals surface area contributed by atoms with Gasteiger partial charge in [0.15, 0.2) is 17.2 Å². The Morgan fingerprint density at radius 2 is 2.42 bits per heavy atom. The molecule has 0 aliphatic rings. The second kappa shape index (κ2) is 3.04. The summed E-state index contributed by atoms with van der Waals surface area (Å²) in [4.78, 5) is 8.65. The third-order valence-electron chi connectivity index (χ3n) is 1.35. The zero-order valence-electron chi connectivity index (χ0n) is 6.10. The molecule has 0 atom stereocenters. The van der Waals surface area contributed by atoms with Crippen LogP contribution in [0, 0.1) is 0 Å². The van der Waals surface area contributed by atoms with Crippen molar-refractivity contribution in [3.63, 3.8) is 0 Å². The molecule has 0 fully saturated rings. The van der Waals surface area contributed by atoms with E-state index >= 15 is 0 Å². The largest absolute Gasteiger partial charge is 0.441 e. The van der Waals surface area contributed by atoms with Gasteiger partial charge in [-0.2, -0.15) is 0 Å². The van der Waals surface area contributed by atoms with Gasteiger partial charge in [-0.25, -0.2) is 9.97 Å². The Bertz CT molecular complexity index is 355. The average Bonchev–Trinajstić information content (AvgIpc) is 2.75. The fourth-order valence-corrected chi connectivity index (χ4v) is 1.54. The summed E-state index contributed by atoms with van der Waals surface area (Å²) in [6.07, 6.45) is 4.58. The van der Waals surface area contributed by atoms with Gasteiger partial charge in [0, 0.05) is 6.20 Å². The predicted molar refractivity (Wildman–Crippen MR) is 43.5 cm³/mol. The van der Waals surface area contributed by atoms with Crippen LogP contribution in [0.15, 0.2) is 23.2 Å². The maximum Gasteiger partial charge on any atom is 0.182 e. The standard InChI is InChI=1S/C7H6N2O2S/c10-3-5-1-9-7(12-5)6-2-8-4-11-6/h1-2,4,10H,3H2. The quantitative estimate of drug-likeness (QED) is 0.760. The first kappa shape index (κ1) is 7.45. The molecule has 0 saturated heterocycles. The van der Waals surface area contributed by atoms with Gasteiger partial charge in [0.05, 0.1) is 17.7 Å². The number of nitrogens with zero attached hydrogens (tertiary/aromatic N) is 2. The Labute approximate surface area is 72.5 Å². The average molecular weight is 182 g/mol. The van der Waals surface area contributed by atoms with E-state index in [4.69, 9.17) is 9.52 Å². The van der Waals surface area contributed by atoms with Crippen molar-refractivity contribution >= 4 is 11.3 Å². The van der Waals surface area contributed by atoms with Crippen molar-refractivity contribution in [2.75, 3.05) is 0 Å². The number of aromatic nitrogens is 2. The molecule has 0 aromatic carbocycles. The normalized spacial score (nSPS) is 10.4. The molecule has 0 unspecified atom stereocenters. The van der Waals surface area contributed by atoms with Crippen LogP contribution in [0.5, 0.6) is 0 Å². The van der Waals surface area contributed by atoms with Gasteiger partial charge < -0.3 is 9.52 Å². The molecule has 4 nitrogen and oxygen atoms in total. The van der Waals surface area contributed by atoms with Crippen molar-refractivity contribution < 1.29 is 9.52 Å². The number of rotatable bonds is 2. The molecule has 62 valence electrons. The molecule has 0 aliphatic carbocycles. The van der Waals surface area contributed by atoms with E-state index in [-0.39, 0.29) is 6.61 Å². The molecule has 0 bridgehead atoms. The van der Waals surface area contributed by atoms with E-state index in [1.807, 2.05) is 0 Å². The third-order valence-corrected chi connectivity index (χ3v) is 2.35. The molecule has 5 heteroatoms. The van der Waals surface area contributed by atoms with Crippen LogP contribution in [0.4, 0.5) is 0 Å². The summed E-state index contributed by atoms with van der Waals surface area (Å²) in [7, 11) is 0. The highest BCUT2D eigenvalue weighted by atomic mass is 32.1. The topological polar surface area (TPSA) is 59.2 Å². The van der Waals surface area contributed by atoms with Gasteiger partial charge in [0.25, 0.3) is 0 Å². The molecule has 2 aromatic rings. The smallest absolute Gasteiger partial charge is 0.182 e. The van der Waals surface area contributed by atoms with Crippen LogP contribution in [0.25, 0.3) is 10.8 Å². The van der Waals surface area contributed by atoms with E-state index in [1.54, 1.807) is 12.4 Å². The molecular formula is C7H6N2O2S. The number of aliphatic hydroxyl groups excluding tert-OH is 1. The maximum absolute atomic E-state index is 8.77. The second-order valence-electron chi connectivity index (χ2n) is 2.16. The minimum Gasteiger partial charge on any atom is -0.441 e. The van der Waals surface area contributed by atoms with Crippen LogP contribution in [0.3, 0.4) is 0 Å². The van der Waals surface area contributed by atoms with E-state index in [0.717, 1.165) is 9.88 Å². The van der Waals surface area contributed by atoms with Gasteiger partial charge in [-0.1, -0.05) is 0 Å². The number of oxazole rings is 1. The highest BCUT2D eigenvalue weighted by Gasteiger charge is 2.06. The molecule has 12 heavy (non-hydrogen) atoms. The predicted octanol–water partition coefficient (Wildman–Crippen LogP) is 1.29. The van der Waals surface area contributed by atoms with Crippen LogP contribution in [0.1, 0.15) is 4.88 Å². The fraction of sp³-hybridized carbons (Fsp3) is 0.143. The number of hydrogen-bond donors (Lipinski definition) is 1. The summed E-state index contributed by atoms with van der Waals surface area (Å²) in [6.45, 7) is 0.0196. The van der Waals surface area contributed by atoms with Crippen LogP contribution >= 0.6 is 11.3 Å². The minimum absolute atomic E-state index is 0.0196. The number of hydrogen-bond acceptors (Lipinski definition) is 5. The lowest BCUT2D eigenvalue weighted by molar-refractivity contribution is 0.285. The van der Waals surface area contributed by atoms with Crippen LogP contribution in [-0.4, -0.2) is 15.1 Å². The van der Waals surface area contributed by atoms with E-state index in [0.29, 0.717) is 5.76 Å². The first-order valence-corrected chi connectivity index (χ1v) is 4.16. The van der Waals surface area contributed by atoms with Gasteiger partial charge in [-0.05, 0) is 0 Å². The van der Waals surface area contributed by atoms with Crippen LogP contribution < -0.4 is 0 Å². The second-order valence-corrected chi connectivity index (χ2v) is 3.27. The van der Waals surface area contributed by atoms with Gasteiger partial charge in [-0.15, -0.1) is 11.3 Å². The van der Waals surface area contributed by atoms with Crippen LogP contribution in [-0.2, 0) is 6.61 Å². The third kappa shape index (κ3) is 1.24. The summed E-state index contributed by atoms with van der Waals surface area (Å²) < 4.78 is 5.03. The zero-order valence-corrected chi connectivity index (χ0v) is 6.91. The summed E-state index contributed by atoms with van der Waals surface area (Å²) in [6, 6.07) is 0. The monoisotopic (exact) mass is 182 g/mol. The van der Waals surface area contributed by atoms with E-state index < -0.39 is 0 Å². The van der Waals surface area contributed by atoms with Crippen molar-refractivity contribution in [3.05, 3.63) is 23.7 Å².